The maximum atomic E-state index is 12.3. The molecule has 4 rings (SSSR count). The quantitative estimate of drug-likeness (QED) is 0.501. The minimum Gasteiger partial charge on any atom is -0.492 e. The van der Waals surface area contributed by atoms with Crippen LogP contribution in [-0.4, -0.2) is 60.6 Å². The molecule has 2 saturated heterocycles. The zero-order valence-electron chi connectivity index (χ0n) is 16.5. The lowest BCUT2D eigenvalue weighted by molar-refractivity contribution is -0.128. The van der Waals surface area contributed by atoms with Crippen molar-refractivity contribution in [3.05, 3.63) is 42.5 Å². The highest BCUT2D eigenvalue weighted by atomic mass is 35.5. The van der Waals surface area contributed by atoms with Gasteiger partial charge in [0, 0.05) is 19.6 Å². The molecule has 0 aromatic heterocycles. The molecule has 0 spiro atoms. The Morgan fingerprint density at radius 3 is 2.69 bits per heavy atom. The number of rotatable bonds is 9. The van der Waals surface area contributed by atoms with Crippen LogP contribution >= 0.6 is 12.4 Å². The predicted octanol–water partition coefficient (Wildman–Crippen LogP) is 3.44. The zero-order chi connectivity index (χ0) is 19.3. The lowest BCUT2D eigenvalue weighted by Gasteiger charge is -2.15. The van der Waals surface area contributed by atoms with Crippen LogP contribution in [0.15, 0.2) is 42.5 Å². The normalized spacial score (nSPS) is 18.3. The van der Waals surface area contributed by atoms with Crippen molar-refractivity contribution in [2.24, 2.45) is 0 Å². The molecule has 1 unspecified atom stereocenters. The number of hydrogen-bond donors (Lipinski definition) is 1. The van der Waals surface area contributed by atoms with Crippen molar-refractivity contribution in [1.29, 1.82) is 0 Å². The number of unbranched alkanes of at least 4 members (excludes halogenated alkanes) is 1. The SMILES string of the molecule is Cl.O=C1C2CCCN2C(=O)N1CCCCNCCOc1ccc2ccccc2c1. The number of imide groups is 1. The molecule has 0 bridgehead atoms. The highest BCUT2D eigenvalue weighted by Crippen LogP contribution is 2.27. The van der Waals surface area contributed by atoms with Gasteiger partial charge in [-0.25, -0.2) is 4.79 Å². The summed E-state index contributed by atoms with van der Waals surface area (Å²) in [7, 11) is 0. The number of amides is 3. The second-order valence-electron chi connectivity index (χ2n) is 7.44. The second kappa shape index (κ2) is 9.94. The number of fused-ring (bicyclic) bond motifs is 2. The van der Waals surface area contributed by atoms with Crippen LogP contribution in [0.3, 0.4) is 0 Å². The number of benzene rings is 2. The first-order valence-electron chi connectivity index (χ1n) is 10.2. The smallest absolute Gasteiger partial charge is 0.327 e. The van der Waals surface area contributed by atoms with Crippen molar-refractivity contribution >= 4 is 35.1 Å². The molecule has 2 heterocycles. The zero-order valence-corrected chi connectivity index (χ0v) is 17.3. The molecule has 0 radical (unpaired) electrons. The van der Waals surface area contributed by atoms with Crippen molar-refractivity contribution in [2.45, 2.75) is 31.7 Å². The Hall–Kier alpha value is -2.31. The van der Waals surface area contributed by atoms with Crippen molar-refractivity contribution in [2.75, 3.05) is 32.8 Å². The molecule has 2 aromatic rings. The van der Waals surface area contributed by atoms with E-state index in [9.17, 15) is 9.59 Å². The first kappa shape index (κ1) is 21.4. The van der Waals surface area contributed by atoms with Crippen LogP contribution in [-0.2, 0) is 4.79 Å². The molecular weight excluding hydrogens is 390 g/mol. The van der Waals surface area contributed by atoms with E-state index in [1.807, 2.05) is 18.2 Å². The first-order valence-corrected chi connectivity index (χ1v) is 10.2. The van der Waals surface area contributed by atoms with Crippen LogP contribution < -0.4 is 10.1 Å². The van der Waals surface area contributed by atoms with Crippen molar-refractivity contribution in [3.8, 4) is 5.75 Å². The number of carbonyl (C=O) groups is 2. The fraction of sp³-hybridized carbons (Fsp3) is 0.455. The Labute approximate surface area is 177 Å². The largest absolute Gasteiger partial charge is 0.492 e. The fourth-order valence-corrected chi connectivity index (χ4v) is 4.03. The van der Waals surface area contributed by atoms with Gasteiger partial charge in [-0.2, -0.15) is 0 Å². The summed E-state index contributed by atoms with van der Waals surface area (Å²) in [5, 5.41) is 5.75. The van der Waals surface area contributed by atoms with E-state index in [2.05, 4.69) is 29.6 Å². The number of hydrogen-bond acceptors (Lipinski definition) is 4. The average molecular weight is 418 g/mol. The van der Waals surface area contributed by atoms with E-state index < -0.39 is 0 Å². The van der Waals surface area contributed by atoms with Crippen molar-refractivity contribution in [3.63, 3.8) is 0 Å². The molecule has 156 valence electrons. The minimum atomic E-state index is -0.183. The molecule has 2 aliphatic heterocycles. The summed E-state index contributed by atoms with van der Waals surface area (Å²) in [6, 6.07) is 14.1. The number of nitrogens with zero attached hydrogens (tertiary/aromatic N) is 2. The van der Waals surface area contributed by atoms with E-state index in [4.69, 9.17) is 4.74 Å². The van der Waals surface area contributed by atoms with Gasteiger partial charge in [-0.05, 0) is 55.1 Å². The van der Waals surface area contributed by atoms with Gasteiger partial charge in [0.1, 0.15) is 18.4 Å². The van der Waals surface area contributed by atoms with Crippen molar-refractivity contribution < 1.29 is 14.3 Å². The van der Waals surface area contributed by atoms with E-state index in [1.165, 1.54) is 15.7 Å². The van der Waals surface area contributed by atoms with E-state index in [-0.39, 0.29) is 30.4 Å². The first-order chi connectivity index (χ1) is 13.7. The monoisotopic (exact) mass is 417 g/mol. The fourth-order valence-electron chi connectivity index (χ4n) is 4.03. The third-order valence-corrected chi connectivity index (χ3v) is 5.53. The third-order valence-electron chi connectivity index (χ3n) is 5.53. The average Bonchev–Trinajstić information content (AvgIpc) is 3.29. The number of urea groups is 1. The summed E-state index contributed by atoms with van der Waals surface area (Å²) in [5.74, 6) is 0.881. The van der Waals surface area contributed by atoms with Gasteiger partial charge in [0.05, 0.1) is 0 Å². The van der Waals surface area contributed by atoms with Crippen LogP contribution in [0.4, 0.5) is 4.79 Å². The standard InChI is InChI=1S/C22H27N3O3.ClH/c26-21-20-8-5-14-24(20)22(27)25(21)13-4-3-11-23-12-15-28-19-10-9-17-6-1-2-7-18(17)16-19;/h1-2,6-7,9-10,16,20,23H,3-5,8,11-15H2;1H. The second-order valence-corrected chi connectivity index (χ2v) is 7.44. The lowest BCUT2D eigenvalue weighted by atomic mass is 10.1. The highest BCUT2D eigenvalue weighted by Gasteiger charge is 2.46. The Balaban J connectivity index is 0.00000240. The van der Waals surface area contributed by atoms with E-state index in [0.29, 0.717) is 13.2 Å². The molecule has 3 amide bonds. The maximum Gasteiger partial charge on any atom is 0.327 e. The molecule has 7 heteroatoms. The summed E-state index contributed by atoms with van der Waals surface area (Å²) >= 11 is 0. The van der Waals surface area contributed by atoms with Crippen molar-refractivity contribution in [1.82, 2.24) is 15.1 Å². The van der Waals surface area contributed by atoms with Gasteiger partial charge in [0.2, 0.25) is 0 Å². The van der Waals surface area contributed by atoms with Crippen LogP contribution in [0.2, 0.25) is 0 Å². The van der Waals surface area contributed by atoms with Gasteiger partial charge in [-0.1, -0.05) is 30.3 Å². The molecular formula is C22H28ClN3O3. The molecule has 1 N–H and O–H groups in total. The third kappa shape index (κ3) is 4.82. The van der Waals surface area contributed by atoms with Gasteiger partial charge in [0.25, 0.3) is 5.91 Å². The molecule has 2 fully saturated rings. The Kier molecular flexibility index (Phi) is 7.34. The number of carbonyl (C=O) groups excluding carboxylic acids is 2. The molecule has 29 heavy (non-hydrogen) atoms. The maximum absolute atomic E-state index is 12.3. The van der Waals surface area contributed by atoms with Gasteiger partial charge in [-0.3, -0.25) is 9.69 Å². The molecule has 0 saturated carbocycles. The van der Waals surface area contributed by atoms with Crippen LogP contribution in [0, 0.1) is 0 Å². The van der Waals surface area contributed by atoms with Crippen LogP contribution in [0.5, 0.6) is 5.75 Å². The van der Waals surface area contributed by atoms with Crippen LogP contribution in [0.25, 0.3) is 10.8 Å². The van der Waals surface area contributed by atoms with E-state index in [0.717, 1.165) is 51.1 Å². The molecule has 2 aromatic carbocycles. The Bertz CT molecular complexity index is 838. The number of halogens is 1. The molecule has 6 nitrogen and oxygen atoms in total. The molecule has 0 aliphatic carbocycles. The Morgan fingerprint density at radius 1 is 1.03 bits per heavy atom. The topological polar surface area (TPSA) is 61.9 Å². The molecule has 1 atom stereocenters. The molecule has 2 aliphatic rings. The summed E-state index contributed by atoms with van der Waals surface area (Å²) in [6.07, 6.45) is 3.52. The predicted molar refractivity (Wildman–Crippen MR) is 116 cm³/mol. The summed E-state index contributed by atoms with van der Waals surface area (Å²) in [4.78, 5) is 27.6. The van der Waals surface area contributed by atoms with Gasteiger partial charge in [-0.15, -0.1) is 12.4 Å². The summed E-state index contributed by atoms with van der Waals surface area (Å²) < 4.78 is 5.81. The van der Waals surface area contributed by atoms with Gasteiger partial charge >= 0.3 is 6.03 Å². The van der Waals surface area contributed by atoms with Gasteiger partial charge < -0.3 is 15.0 Å². The summed E-state index contributed by atoms with van der Waals surface area (Å²) in [6.45, 7) is 3.48. The van der Waals surface area contributed by atoms with E-state index in [1.54, 1.807) is 4.90 Å². The number of ether oxygens (including phenoxy) is 1. The van der Waals surface area contributed by atoms with E-state index >= 15 is 0 Å². The Morgan fingerprint density at radius 2 is 1.86 bits per heavy atom. The van der Waals surface area contributed by atoms with Gasteiger partial charge in [0.15, 0.2) is 0 Å². The number of nitrogens with one attached hydrogen (secondary N) is 1. The highest BCUT2D eigenvalue weighted by molar-refractivity contribution is 6.04. The minimum absolute atomic E-state index is 0. The van der Waals surface area contributed by atoms with Crippen LogP contribution in [0.1, 0.15) is 25.7 Å². The lowest BCUT2D eigenvalue weighted by Crippen LogP contribution is -2.34. The summed E-state index contributed by atoms with van der Waals surface area (Å²) in [5.41, 5.74) is 0.